The number of nitrogens with two attached hydrogens (primary N) is 1. The van der Waals surface area contributed by atoms with Crippen molar-refractivity contribution in [1.82, 2.24) is 15.1 Å². The molecule has 26 heavy (non-hydrogen) atoms. The van der Waals surface area contributed by atoms with Crippen molar-refractivity contribution in [2.24, 2.45) is 5.73 Å². The topological polar surface area (TPSA) is 102 Å². The lowest BCUT2D eigenvalue weighted by atomic mass is 9.84. The molecular formula is C19H25N5O2. The van der Waals surface area contributed by atoms with Crippen LogP contribution in [0.2, 0.25) is 0 Å². The first-order valence-electron chi connectivity index (χ1n) is 8.79. The first-order chi connectivity index (χ1) is 12.4. The minimum Gasteiger partial charge on any atom is -0.369 e. The van der Waals surface area contributed by atoms with E-state index in [0.29, 0.717) is 18.5 Å². The van der Waals surface area contributed by atoms with E-state index in [1.54, 1.807) is 36.9 Å². The fraction of sp³-hybridized carbons (Fsp3) is 0.421. The average Bonchev–Trinajstić information content (AvgIpc) is 3.18. The Morgan fingerprint density at radius 1 is 1.23 bits per heavy atom. The smallest absolute Gasteiger partial charge is 0.252 e. The molecule has 4 N–H and O–H groups in total. The van der Waals surface area contributed by atoms with Crippen LogP contribution in [0.25, 0.3) is 0 Å². The lowest BCUT2D eigenvalue weighted by molar-refractivity contribution is -0.126. The Balaban J connectivity index is 1.81. The highest BCUT2D eigenvalue weighted by Gasteiger charge is 2.42. The van der Waals surface area contributed by atoms with E-state index >= 15 is 0 Å². The van der Waals surface area contributed by atoms with Crippen LogP contribution in [0, 0.1) is 0 Å². The van der Waals surface area contributed by atoms with Crippen molar-refractivity contribution in [3.05, 3.63) is 48.3 Å². The summed E-state index contributed by atoms with van der Waals surface area (Å²) in [6, 6.07) is 9.08. The summed E-state index contributed by atoms with van der Waals surface area (Å²) in [5.74, 6) is -0.466. The van der Waals surface area contributed by atoms with Crippen molar-refractivity contribution in [3.8, 4) is 0 Å². The number of primary amides is 1. The molecule has 0 aliphatic carbocycles. The Morgan fingerprint density at radius 3 is 2.42 bits per heavy atom. The summed E-state index contributed by atoms with van der Waals surface area (Å²) >= 11 is 0. The van der Waals surface area contributed by atoms with Gasteiger partial charge in [-0.1, -0.05) is 12.1 Å². The number of aromatic nitrogens is 2. The van der Waals surface area contributed by atoms with Gasteiger partial charge in [-0.3, -0.25) is 14.3 Å². The molecule has 0 spiro atoms. The van der Waals surface area contributed by atoms with Crippen LogP contribution in [-0.2, 0) is 20.5 Å². The highest BCUT2D eigenvalue weighted by molar-refractivity contribution is 5.97. The molecule has 0 unspecified atom stereocenters. The summed E-state index contributed by atoms with van der Waals surface area (Å²) in [7, 11) is 0. The highest BCUT2D eigenvalue weighted by atomic mass is 16.2. The molecule has 0 bridgehead atoms. The molecule has 0 radical (unpaired) electrons. The van der Waals surface area contributed by atoms with Gasteiger partial charge in [0.15, 0.2) is 0 Å². The van der Waals surface area contributed by atoms with Crippen LogP contribution in [0.4, 0.5) is 5.69 Å². The van der Waals surface area contributed by atoms with E-state index in [0.717, 1.165) is 18.7 Å². The van der Waals surface area contributed by atoms with Crippen molar-refractivity contribution in [3.63, 3.8) is 0 Å². The first-order valence-corrected chi connectivity index (χ1v) is 8.79. The van der Waals surface area contributed by atoms with Crippen molar-refractivity contribution < 1.29 is 9.59 Å². The second-order valence-corrected chi connectivity index (χ2v) is 7.25. The number of hydrogen-bond acceptors (Lipinski definition) is 4. The Labute approximate surface area is 153 Å². The van der Waals surface area contributed by atoms with Crippen molar-refractivity contribution in [2.75, 3.05) is 18.4 Å². The SMILES string of the molecule is CC(C)(C(N)=O)c1ccc(NC(=O)C2(n3cccn3)CCNCC2)cc1. The molecule has 1 saturated heterocycles. The highest BCUT2D eigenvalue weighted by Crippen LogP contribution is 2.29. The molecule has 0 saturated carbocycles. The molecular weight excluding hydrogens is 330 g/mol. The van der Waals surface area contributed by atoms with Crippen LogP contribution in [0.15, 0.2) is 42.7 Å². The van der Waals surface area contributed by atoms with Crippen LogP contribution in [-0.4, -0.2) is 34.7 Å². The number of hydrogen-bond donors (Lipinski definition) is 3. The number of rotatable bonds is 5. The molecule has 7 heteroatoms. The van der Waals surface area contributed by atoms with Gasteiger partial charge in [-0.05, 0) is 63.5 Å². The number of amides is 2. The molecule has 1 aromatic heterocycles. The van der Waals surface area contributed by atoms with Gasteiger partial charge in [0.25, 0.3) is 5.91 Å². The predicted molar refractivity (Wildman–Crippen MR) is 99.6 cm³/mol. The minimum atomic E-state index is -0.756. The fourth-order valence-corrected chi connectivity index (χ4v) is 3.28. The number of anilines is 1. The molecule has 3 rings (SSSR count). The van der Waals surface area contributed by atoms with Crippen molar-refractivity contribution in [2.45, 2.75) is 37.6 Å². The van der Waals surface area contributed by atoms with Crippen LogP contribution in [0.1, 0.15) is 32.3 Å². The largest absolute Gasteiger partial charge is 0.369 e. The van der Waals surface area contributed by atoms with E-state index < -0.39 is 11.0 Å². The zero-order valence-corrected chi connectivity index (χ0v) is 15.2. The standard InChI is InChI=1S/C19H25N5O2/c1-18(2,16(20)25)14-4-6-15(7-5-14)23-17(26)19(8-11-21-12-9-19)24-13-3-10-22-24/h3-7,10,13,21H,8-9,11-12H2,1-2H3,(H2,20,25)(H,23,26). The zero-order valence-electron chi connectivity index (χ0n) is 15.2. The van der Waals surface area contributed by atoms with Crippen LogP contribution < -0.4 is 16.4 Å². The fourth-order valence-electron chi connectivity index (χ4n) is 3.28. The lowest BCUT2D eigenvalue weighted by Gasteiger charge is -2.36. The number of nitrogens with one attached hydrogen (secondary N) is 2. The maximum absolute atomic E-state index is 13.1. The lowest BCUT2D eigenvalue weighted by Crippen LogP contribution is -2.52. The van der Waals surface area contributed by atoms with Gasteiger partial charge in [0.2, 0.25) is 5.91 Å². The molecule has 1 aromatic carbocycles. The van der Waals surface area contributed by atoms with Gasteiger partial charge in [-0.2, -0.15) is 5.10 Å². The molecule has 1 aliphatic rings. The van der Waals surface area contributed by atoms with E-state index in [1.807, 2.05) is 24.4 Å². The van der Waals surface area contributed by atoms with Gasteiger partial charge in [0, 0.05) is 18.1 Å². The molecule has 138 valence electrons. The maximum atomic E-state index is 13.1. The number of carbonyl (C=O) groups excluding carboxylic acids is 2. The molecule has 7 nitrogen and oxygen atoms in total. The third-order valence-electron chi connectivity index (χ3n) is 5.28. The summed E-state index contributed by atoms with van der Waals surface area (Å²) in [4.78, 5) is 24.7. The molecule has 2 amide bonds. The summed E-state index contributed by atoms with van der Waals surface area (Å²) in [6.45, 7) is 5.09. The predicted octanol–water partition coefficient (Wildman–Crippen LogP) is 1.36. The number of piperidine rings is 1. The first kappa shape index (κ1) is 18.1. The van der Waals surface area contributed by atoms with Gasteiger partial charge >= 0.3 is 0 Å². The monoisotopic (exact) mass is 355 g/mol. The Hall–Kier alpha value is -2.67. The van der Waals surface area contributed by atoms with E-state index in [1.165, 1.54) is 0 Å². The maximum Gasteiger partial charge on any atom is 0.252 e. The van der Waals surface area contributed by atoms with Crippen LogP contribution >= 0.6 is 0 Å². The van der Waals surface area contributed by atoms with E-state index in [9.17, 15) is 9.59 Å². The summed E-state index contributed by atoms with van der Waals surface area (Å²) in [5.41, 5.74) is 5.51. The quantitative estimate of drug-likeness (QED) is 0.754. The molecule has 0 atom stereocenters. The number of benzene rings is 1. The molecule has 1 fully saturated rings. The van der Waals surface area contributed by atoms with E-state index in [-0.39, 0.29) is 11.8 Å². The van der Waals surface area contributed by atoms with Crippen LogP contribution in [0.5, 0.6) is 0 Å². The zero-order chi connectivity index (χ0) is 18.8. The normalized spacial score (nSPS) is 16.8. The van der Waals surface area contributed by atoms with Gasteiger partial charge in [0.05, 0.1) is 5.41 Å². The number of nitrogens with zero attached hydrogens (tertiary/aromatic N) is 2. The van der Waals surface area contributed by atoms with Crippen LogP contribution in [0.3, 0.4) is 0 Å². The van der Waals surface area contributed by atoms with Gasteiger partial charge in [-0.15, -0.1) is 0 Å². The Kier molecular flexibility index (Phi) is 4.82. The minimum absolute atomic E-state index is 0.0791. The van der Waals surface area contributed by atoms with Gasteiger partial charge < -0.3 is 16.4 Å². The molecule has 2 aromatic rings. The Morgan fingerprint density at radius 2 is 1.88 bits per heavy atom. The third-order valence-corrected chi connectivity index (χ3v) is 5.28. The summed E-state index contributed by atoms with van der Waals surface area (Å²) < 4.78 is 1.76. The van der Waals surface area contributed by atoms with E-state index in [2.05, 4.69) is 15.7 Å². The second kappa shape index (κ2) is 6.92. The summed E-state index contributed by atoms with van der Waals surface area (Å²) in [6.07, 6.45) is 4.88. The second-order valence-electron chi connectivity index (χ2n) is 7.25. The molecule has 1 aliphatic heterocycles. The summed E-state index contributed by atoms with van der Waals surface area (Å²) in [5, 5.41) is 10.6. The van der Waals surface area contributed by atoms with Crippen molar-refractivity contribution >= 4 is 17.5 Å². The van der Waals surface area contributed by atoms with Crippen molar-refractivity contribution in [1.29, 1.82) is 0 Å². The average molecular weight is 355 g/mol. The van der Waals surface area contributed by atoms with Gasteiger partial charge in [-0.25, -0.2) is 0 Å². The van der Waals surface area contributed by atoms with Gasteiger partial charge in [0.1, 0.15) is 5.54 Å². The van der Waals surface area contributed by atoms with E-state index in [4.69, 9.17) is 5.73 Å². The Bertz CT molecular complexity index is 775. The third kappa shape index (κ3) is 3.22. The molecule has 2 heterocycles. The number of carbonyl (C=O) groups is 2.